The van der Waals surface area contributed by atoms with Crippen LogP contribution in [0.4, 0.5) is 0 Å². The minimum atomic E-state index is -0.129. The lowest BCUT2D eigenvalue weighted by atomic mass is 9.99. The summed E-state index contributed by atoms with van der Waals surface area (Å²) in [6, 6.07) is 0. The molecule has 4 atom stereocenters. The van der Waals surface area contributed by atoms with Gasteiger partial charge >= 0.3 is 0 Å². The summed E-state index contributed by atoms with van der Waals surface area (Å²) < 4.78 is 30.7. The summed E-state index contributed by atoms with van der Waals surface area (Å²) in [5.41, 5.74) is 0. The summed E-state index contributed by atoms with van der Waals surface area (Å²) >= 11 is 0. The van der Waals surface area contributed by atoms with Crippen molar-refractivity contribution in [3.63, 3.8) is 0 Å². The van der Waals surface area contributed by atoms with Crippen LogP contribution in [0.3, 0.4) is 0 Å². The lowest BCUT2D eigenvalue weighted by Crippen LogP contribution is -2.57. The molecule has 162 valence electrons. The number of hydrogen-bond acceptors (Lipinski definition) is 5. The molecule has 1 heterocycles. The molecule has 1 aliphatic rings. The molecule has 5 heteroatoms. The van der Waals surface area contributed by atoms with Gasteiger partial charge in [0.2, 0.25) is 0 Å². The van der Waals surface area contributed by atoms with Crippen molar-refractivity contribution in [1.82, 2.24) is 0 Å². The van der Waals surface area contributed by atoms with E-state index in [-0.39, 0.29) is 24.4 Å². The molecule has 0 aliphatic carbocycles. The Kier molecular flexibility index (Phi) is 15.4. The summed E-state index contributed by atoms with van der Waals surface area (Å²) in [5.74, 6) is 0. The Labute approximate surface area is 167 Å². The van der Waals surface area contributed by atoms with Crippen LogP contribution in [0.15, 0.2) is 0 Å². The maximum atomic E-state index is 6.28. The van der Waals surface area contributed by atoms with Crippen molar-refractivity contribution in [3.05, 3.63) is 0 Å². The predicted octanol–water partition coefficient (Wildman–Crippen LogP) is 4.76. The second-order valence-electron chi connectivity index (χ2n) is 7.44. The molecule has 1 saturated heterocycles. The molecular weight excluding hydrogens is 344 g/mol. The van der Waals surface area contributed by atoms with E-state index in [0.29, 0.717) is 13.2 Å². The second kappa shape index (κ2) is 16.7. The summed E-state index contributed by atoms with van der Waals surface area (Å²) in [6.45, 7) is 12.8. The monoisotopic (exact) mass is 388 g/mol. The van der Waals surface area contributed by atoms with Crippen molar-refractivity contribution < 1.29 is 23.7 Å². The van der Waals surface area contributed by atoms with Crippen LogP contribution >= 0.6 is 0 Å². The average molecular weight is 389 g/mol. The van der Waals surface area contributed by atoms with E-state index in [0.717, 1.165) is 77.8 Å². The maximum absolute atomic E-state index is 6.28. The molecule has 1 unspecified atom stereocenters. The van der Waals surface area contributed by atoms with Gasteiger partial charge in [-0.2, -0.15) is 0 Å². The number of rotatable bonds is 17. The fourth-order valence-corrected chi connectivity index (χ4v) is 3.07. The summed E-state index contributed by atoms with van der Waals surface area (Å²) in [4.78, 5) is 0. The van der Waals surface area contributed by atoms with Crippen molar-refractivity contribution in [2.75, 3.05) is 39.6 Å². The smallest absolute Gasteiger partial charge is 0.115 e. The molecule has 0 amide bonds. The van der Waals surface area contributed by atoms with Crippen LogP contribution in [-0.4, -0.2) is 64.1 Å². The Morgan fingerprint density at radius 2 is 1.19 bits per heavy atom. The quantitative estimate of drug-likeness (QED) is 0.336. The topological polar surface area (TPSA) is 46.2 Å². The summed E-state index contributed by atoms with van der Waals surface area (Å²) in [5, 5.41) is 0. The number of hydrogen-bond donors (Lipinski definition) is 0. The molecule has 1 rings (SSSR count). The van der Waals surface area contributed by atoms with E-state index in [1.54, 1.807) is 0 Å². The SMILES string of the molecule is CCCCOCC1OC[C@@H](OCCCC)[C@@H](OCCCC)[C@@H]1OCCCC. The molecule has 0 radical (unpaired) electrons. The molecule has 0 N–H and O–H groups in total. The molecule has 0 aromatic rings. The van der Waals surface area contributed by atoms with Crippen LogP contribution < -0.4 is 0 Å². The Bertz CT molecular complexity index is 326. The van der Waals surface area contributed by atoms with Crippen molar-refractivity contribution in [2.45, 2.75) is 103 Å². The zero-order valence-electron chi connectivity index (χ0n) is 18.3. The minimum absolute atomic E-state index is 0.0630. The van der Waals surface area contributed by atoms with Gasteiger partial charge in [-0.3, -0.25) is 0 Å². The van der Waals surface area contributed by atoms with Crippen molar-refractivity contribution in [2.24, 2.45) is 0 Å². The molecule has 0 aromatic heterocycles. The summed E-state index contributed by atoms with van der Waals surface area (Å²) in [6.07, 6.45) is 8.37. The highest BCUT2D eigenvalue weighted by Gasteiger charge is 2.42. The third-order valence-electron chi connectivity index (χ3n) is 4.90. The molecular formula is C22H44O5. The molecule has 0 aromatic carbocycles. The Hall–Kier alpha value is -0.200. The highest BCUT2D eigenvalue weighted by molar-refractivity contribution is 4.90. The zero-order valence-corrected chi connectivity index (χ0v) is 18.3. The third kappa shape index (κ3) is 10.2. The summed E-state index contributed by atoms with van der Waals surface area (Å²) in [7, 11) is 0. The van der Waals surface area contributed by atoms with E-state index in [1.807, 2.05) is 0 Å². The lowest BCUT2D eigenvalue weighted by molar-refractivity contribution is -0.239. The van der Waals surface area contributed by atoms with Crippen molar-refractivity contribution in [1.29, 1.82) is 0 Å². The third-order valence-corrected chi connectivity index (χ3v) is 4.90. The van der Waals surface area contributed by atoms with E-state index < -0.39 is 0 Å². The fraction of sp³-hybridized carbons (Fsp3) is 1.00. The van der Waals surface area contributed by atoms with Crippen LogP contribution in [0.1, 0.15) is 79.1 Å². The Morgan fingerprint density at radius 1 is 0.667 bits per heavy atom. The average Bonchev–Trinajstić information content (AvgIpc) is 2.68. The highest BCUT2D eigenvalue weighted by atomic mass is 16.6. The number of unbranched alkanes of at least 4 members (excludes halogenated alkanes) is 4. The van der Waals surface area contributed by atoms with E-state index in [4.69, 9.17) is 23.7 Å². The zero-order chi connectivity index (χ0) is 19.7. The Morgan fingerprint density at radius 3 is 1.78 bits per heavy atom. The molecule has 0 spiro atoms. The van der Waals surface area contributed by atoms with Gasteiger partial charge in [0, 0.05) is 26.4 Å². The molecule has 0 bridgehead atoms. The molecule has 1 fully saturated rings. The van der Waals surface area contributed by atoms with Crippen molar-refractivity contribution in [3.8, 4) is 0 Å². The van der Waals surface area contributed by atoms with E-state index >= 15 is 0 Å². The molecule has 5 nitrogen and oxygen atoms in total. The first kappa shape index (κ1) is 24.8. The van der Waals surface area contributed by atoms with Crippen LogP contribution in [0.25, 0.3) is 0 Å². The molecule has 27 heavy (non-hydrogen) atoms. The lowest BCUT2D eigenvalue weighted by Gasteiger charge is -2.42. The van der Waals surface area contributed by atoms with E-state index in [1.165, 1.54) is 0 Å². The first-order chi connectivity index (χ1) is 13.3. The van der Waals surface area contributed by atoms with Crippen LogP contribution in [0.2, 0.25) is 0 Å². The van der Waals surface area contributed by atoms with Gasteiger partial charge in [0.15, 0.2) is 0 Å². The van der Waals surface area contributed by atoms with Gasteiger partial charge in [0.1, 0.15) is 24.4 Å². The van der Waals surface area contributed by atoms with Gasteiger partial charge in [0.25, 0.3) is 0 Å². The fourth-order valence-electron chi connectivity index (χ4n) is 3.07. The van der Waals surface area contributed by atoms with Gasteiger partial charge < -0.3 is 23.7 Å². The highest BCUT2D eigenvalue weighted by Crippen LogP contribution is 2.25. The van der Waals surface area contributed by atoms with Crippen LogP contribution in [0, 0.1) is 0 Å². The van der Waals surface area contributed by atoms with Gasteiger partial charge in [-0.25, -0.2) is 0 Å². The van der Waals surface area contributed by atoms with E-state index in [9.17, 15) is 0 Å². The van der Waals surface area contributed by atoms with Gasteiger partial charge in [-0.15, -0.1) is 0 Å². The van der Waals surface area contributed by atoms with Gasteiger partial charge in [0.05, 0.1) is 13.2 Å². The minimum Gasteiger partial charge on any atom is -0.379 e. The standard InChI is InChI=1S/C22H44O5/c1-5-9-13-23-17-19-21(25-15-11-7-3)22(26-16-12-8-4)20(18-27-19)24-14-10-6-2/h19-22H,5-18H2,1-4H3/t19?,20-,21-,22-/m1/s1. The first-order valence-electron chi connectivity index (χ1n) is 11.3. The van der Waals surface area contributed by atoms with Crippen LogP contribution in [0.5, 0.6) is 0 Å². The second-order valence-corrected chi connectivity index (χ2v) is 7.44. The maximum Gasteiger partial charge on any atom is 0.115 e. The van der Waals surface area contributed by atoms with Crippen molar-refractivity contribution >= 4 is 0 Å². The van der Waals surface area contributed by atoms with E-state index in [2.05, 4.69) is 27.7 Å². The molecule has 0 saturated carbocycles. The predicted molar refractivity (Wildman–Crippen MR) is 109 cm³/mol. The normalized spacial score (nSPS) is 25.8. The van der Waals surface area contributed by atoms with Gasteiger partial charge in [-0.1, -0.05) is 53.4 Å². The molecule has 1 aliphatic heterocycles. The van der Waals surface area contributed by atoms with Crippen LogP contribution in [-0.2, 0) is 23.7 Å². The van der Waals surface area contributed by atoms with Gasteiger partial charge in [-0.05, 0) is 25.7 Å². The number of ether oxygens (including phenoxy) is 5. The Balaban J connectivity index is 2.72. The largest absolute Gasteiger partial charge is 0.379 e. The first-order valence-corrected chi connectivity index (χ1v) is 11.3.